The Kier molecular flexibility index (Phi) is 17.3. The van der Waals surface area contributed by atoms with Crippen LogP contribution in [-0.2, 0) is 38.1 Å². The van der Waals surface area contributed by atoms with Gasteiger partial charge in [-0.1, -0.05) is 13.0 Å². The van der Waals surface area contributed by atoms with E-state index in [1.807, 2.05) is 37.3 Å². The lowest BCUT2D eigenvalue weighted by Gasteiger charge is -2.32. The molecule has 18 heteroatoms. The lowest BCUT2D eigenvalue weighted by molar-refractivity contribution is -0.136. The highest BCUT2D eigenvalue weighted by Crippen LogP contribution is 2.41. The van der Waals surface area contributed by atoms with E-state index in [2.05, 4.69) is 20.9 Å². The molecule has 7 rings (SSSR count). The number of nitrogens with zero attached hydrogens (tertiary/aromatic N) is 2. The molecule has 17 nitrogen and oxygen atoms in total. The number of carbonyl (C=O) groups is 6. The normalized spacial score (nSPS) is 18.7. The van der Waals surface area contributed by atoms with E-state index in [-0.39, 0.29) is 66.4 Å². The molecule has 2 fully saturated rings. The third-order valence-corrected chi connectivity index (χ3v) is 12.2. The second kappa shape index (κ2) is 23.9. The number of benzene rings is 3. The number of piperidine rings is 1. The highest BCUT2D eigenvalue weighted by atomic mass is 19.1. The minimum atomic E-state index is -1.11. The summed E-state index contributed by atoms with van der Waals surface area (Å²) in [7, 11) is 0. The third kappa shape index (κ3) is 13.0. The molecule has 67 heavy (non-hydrogen) atoms. The molecule has 1 aliphatic carbocycles. The van der Waals surface area contributed by atoms with Crippen LogP contribution in [0.15, 0.2) is 72.9 Å². The van der Waals surface area contributed by atoms with Gasteiger partial charge in [-0.25, -0.2) is 4.39 Å². The molecule has 4 aromatic rings. The minimum Gasteiger partial charge on any atom is -0.491 e. The van der Waals surface area contributed by atoms with Crippen LogP contribution >= 0.6 is 0 Å². The molecule has 3 heterocycles. The van der Waals surface area contributed by atoms with Crippen LogP contribution < -0.4 is 25.4 Å². The molecule has 0 radical (unpaired) electrons. The fraction of sp³-hybridized carbons (Fsp3) is 0.449. The Balaban J connectivity index is 0.659. The van der Waals surface area contributed by atoms with Gasteiger partial charge in [-0.3, -0.25) is 44.0 Å². The molecule has 1 aromatic heterocycles. The fourth-order valence-corrected chi connectivity index (χ4v) is 8.57. The Hall–Kier alpha value is -6.34. The van der Waals surface area contributed by atoms with E-state index in [4.69, 9.17) is 28.4 Å². The predicted octanol–water partition coefficient (Wildman–Crippen LogP) is 4.96. The molecule has 3 N–H and O–H groups in total. The second-order valence-corrected chi connectivity index (χ2v) is 16.5. The smallest absolute Gasteiger partial charge is 0.266 e. The largest absolute Gasteiger partial charge is 0.491 e. The molecule has 6 amide bonds. The number of amides is 6. The van der Waals surface area contributed by atoms with E-state index in [0.717, 1.165) is 47.0 Å². The maximum absolute atomic E-state index is 14.0. The number of anilines is 1. The predicted molar refractivity (Wildman–Crippen MR) is 241 cm³/mol. The number of pyridine rings is 1. The number of carbonyl (C=O) groups excluding carboxylic acids is 6. The molecule has 1 saturated heterocycles. The van der Waals surface area contributed by atoms with Crippen molar-refractivity contribution in [2.75, 3.05) is 77.9 Å². The van der Waals surface area contributed by atoms with Crippen LogP contribution in [-0.4, -0.2) is 124 Å². The highest BCUT2D eigenvalue weighted by molar-refractivity contribution is 6.24. The fourth-order valence-electron chi connectivity index (χ4n) is 8.57. The van der Waals surface area contributed by atoms with Gasteiger partial charge in [0.25, 0.3) is 17.7 Å². The van der Waals surface area contributed by atoms with Crippen molar-refractivity contribution in [2.24, 2.45) is 11.8 Å². The standard InChI is InChI=1S/C49H56FN5O12/c1-31(32-5-7-33(8-6-32)37-17-18-51-40-14-9-34(50)29-39(37)40)46(58)53-35-10-12-36(13-11-35)66-28-27-65-26-25-64-24-23-63-22-21-62-20-19-52-44(57)30-67-42-4-2-3-38-45(42)49(61)55(48(38)60)41-15-16-43(56)54-47(41)59/h2-4,9-14,17-18,29,31-33,41H,5-8,15-16,19-28,30H2,1H3,(H,52,57)(H,53,58)(H,54,56,59)/t31-,32?,33?,41?/m1/s1. The van der Waals surface area contributed by atoms with Crippen molar-refractivity contribution >= 4 is 52.0 Å². The van der Waals surface area contributed by atoms with Crippen molar-refractivity contribution in [2.45, 2.75) is 57.4 Å². The van der Waals surface area contributed by atoms with Gasteiger partial charge in [-0.15, -0.1) is 0 Å². The van der Waals surface area contributed by atoms with E-state index in [0.29, 0.717) is 70.2 Å². The van der Waals surface area contributed by atoms with Gasteiger partial charge in [0, 0.05) is 36.2 Å². The van der Waals surface area contributed by atoms with E-state index in [1.165, 1.54) is 24.3 Å². The van der Waals surface area contributed by atoms with Crippen molar-refractivity contribution < 1.29 is 61.6 Å². The molecule has 0 bridgehead atoms. The first-order valence-electron chi connectivity index (χ1n) is 22.7. The number of halogens is 1. The number of fused-ring (bicyclic) bond motifs is 2. The Morgan fingerprint density at radius 2 is 1.48 bits per heavy atom. The van der Waals surface area contributed by atoms with E-state index < -0.39 is 42.2 Å². The van der Waals surface area contributed by atoms with Crippen LogP contribution in [0, 0.1) is 17.7 Å². The summed E-state index contributed by atoms with van der Waals surface area (Å²) in [6, 6.07) is 17.3. The van der Waals surface area contributed by atoms with Crippen molar-refractivity contribution in [3.8, 4) is 11.5 Å². The van der Waals surface area contributed by atoms with Crippen molar-refractivity contribution in [3.05, 3.63) is 95.4 Å². The maximum Gasteiger partial charge on any atom is 0.266 e. The van der Waals surface area contributed by atoms with Gasteiger partial charge in [0.05, 0.1) is 69.5 Å². The molecular formula is C49H56FN5O12. The lowest BCUT2D eigenvalue weighted by atomic mass is 9.73. The van der Waals surface area contributed by atoms with Crippen LogP contribution in [0.5, 0.6) is 11.5 Å². The third-order valence-electron chi connectivity index (χ3n) is 12.2. The van der Waals surface area contributed by atoms with Gasteiger partial charge in [-0.05, 0) is 110 Å². The Morgan fingerprint density at radius 1 is 0.791 bits per heavy atom. The zero-order valence-corrected chi connectivity index (χ0v) is 37.4. The molecule has 3 aromatic carbocycles. The van der Waals surface area contributed by atoms with Gasteiger partial charge in [0.15, 0.2) is 6.61 Å². The molecule has 0 spiro atoms. The van der Waals surface area contributed by atoms with E-state index >= 15 is 0 Å². The maximum atomic E-state index is 14.0. The number of aromatic nitrogens is 1. The number of rotatable bonds is 24. The zero-order chi connectivity index (χ0) is 47.1. The van der Waals surface area contributed by atoms with Crippen molar-refractivity contribution in [3.63, 3.8) is 0 Å². The molecule has 356 valence electrons. The number of hydrogen-bond acceptors (Lipinski definition) is 13. The quantitative estimate of drug-likeness (QED) is 0.0628. The number of nitrogens with one attached hydrogen (secondary N) is 3. The van der Waals surface area contributed by atoms with Gasteiger partial charge in [0.1, 0.15) is 30.0 Å². The highest BCUT2D eigenvalue weighted by Gasteiger charge is 2.46. The first-order chi connectivity index (χ1) is 32.6. The average Bonchev–Trinajstić information content (AvgIpc) is 3.59. The molecule has 2 aliphatic heterocycles. The van der Waals surface area contributed by atoms with Gasteiger partial charge < -0.3 is 39.1 Å². The van der Waals surface area contributed by atoms with Crippen LogP contribution in [0.4, 0.5) is 10.1 Å². The minimum absolute atomic E-state index is 0.00440. The van der Waals surface area contributed by atoms with Gasteiger partial charge in [0.2, 0.25) is 17.7 Å². The van der Waals surface area contributed by atoms with Crippen LogP contribution in [0.3, 0.4) is 0 Å². The van der Waals surface area contributed by atoms with Gasteiger partial charge >= 0.3 is 0 Å². The monoisotopic (exact) mass is 925 g/mol. The summed E-state index contributed by atoms with van der Waals surface area (Å²) in [5, 5.41) is 8.73. The Morgan fingerprint density at radius 3 is 2.18 bits per heavy atom. The van der Waals surface area contributed by atoms with E-state index in [1.54, 1.807) is 18.3 Å². The van der Waals surface area contributed by atoms with Crippen LogP contribution in [0.1, 0.15) is 77.6 Å². The summed E-state index contributed by atoms with van der Waals surface area (Å²) < 4.78 is 47.5. The van der Waals surface area contributed by atoms with Crippen LogP contribution in [0.2, 0.25) is 0 Å². The summed E-state index contributed by atoms with van der Waals surface area (Å²) >= 11 is 0. The Labute approximate surface area is 387 Å². The average molecular weight is 926 g/mol. The molecular weight excluding hydrogens is 870 g/mol. The first-order valence-corrected chi connectivity index (χ1v) is 22.7. The van der Waals surface area contributed by atoms with E-state index in [9.17, 15) is 33.2 Å². The summed E-state index contributed by atoms with van der Waals surface area (Å²) in [6.45, 7) is 4.91. The Bertz CT molecular complexity index is 2390. The first kappa shape index (κ1) is 48.6. The van der Waals surface area contributed by atoms with Crippen molar-refractivity contribution in [1.29, 1.82) is 0 Å². The number of imide groups is 2. The molecule has 2 atom stereocenters. The van der Waals surface area contributed by atoms with Gasteiger partial charge in [-0.2, -0.15) is 0 Å². The topological polar surface area (TPSA) is 210 Å². The molecule has 3 aliphatic rings. The summed E-state index contributed by atoms with van der Waals surface area (Å²) in [6.07, 6.45) is 5.57. The zero-order valence-electron chi connectivity index (χ0n) is 37.4. The SMILES string of the molecule is C[C@@H](C(=O)Nc1ccc(OCCOCCOCCOCCOCCNC(=O)COc2cccc3c2C(=O)N(C2CCC(=O)NC2=O)C3=O)cc1)C1CCC(c2ccnc3ccc(F)cc23)CC1. The summed E-state index contributed by atoms with van der Waals surface area (Å²) in [4.78, 5) is 80.8. The summed E-state index contributed by atoms with van der Waals surface area (Å²) in [5.41, 5.74) is 2.67. The molecule has 1 saturated carbocycles. The second-order valence-electron chi connectivity index (χ2n) is 16.5. The summed E-state index contributed by atoms with van der Waals surface area (Å²) in [5.74, 6) is -2.15. The number of hydrogen-bond donors (Lipinski definition) is 3. The van der Waals surface area contributed by atoms with Crippen LogP contribution in [0.25, 0.3) is 10.9 Å². The number of ether oxygens (including phenoxy) is 6. The van der Waals surface area contributed by atoms with Crippen molar-refractivity contribution in [1.82, 2.24) is 20.5 Å². The molecule has 1 unspecified atom stereocenters. The lowest BCUT2D eigenvalue weighted by Crippen LogP contribution is -2.54.